The first-order valence-electron chi connectivity index (χ1n) is 7.97. The summed E-state index contributed by atoms with van der Waals surface area (Å²) in [4.78, 5) is 12.4. The van der Waals surface area contributed by atoms with Crippen molar-refractivity contribution in [2.45, 2.75) is 39.7 Å². The zero-order valence-corrected chi connectivity index (χ0v) is 14.5. The summed E-state index contributed by atoms with van der Waals surface area (Å²) in [6.45, 7) is 8.28. The largest absolute Gasteiger partial charge is 0.496 e. The predicted molar refractivity (Wildman–Crippen MR) is 94.1 cm³/mol. The molecule has 1 atom stereocenters. The van der Waals surface area contributed by atoms with Crippen molar-refractivity contribution in [1.82, 2.24) is 5.32 Å². The molecule has 23 heavy (non-hydrogen) atoms. The van der Waals surface area contributed by atoms with Crippen LogP contribution in [-0.2, 0) is 0 Å². The van der Waals surface area contributed by atoms with Crippen molar-refractivity contribution in [2.24, 2.45) is 0 Å². The second kappa shape index (κ2) is 7.32. The quantitative estimate of drug-likeness (QED) is 0.875. The molecule has 2 aromatic carbocycles. The number of carbonyl (C=O) groups excluding carboxylic acids is 1. The maximum Gasteiger partial charge on any atom is 0.251 e. The molecule has 0 bridgehead atoms. The number of nitrogens with one attached hydrogen (secondary N) is 1. The Hall–Kier alpha value is -2.29. The molecule has 0 heterocycles. The summed E-state index contributed by atoms with van der Waals surface area (Å²) in [6.07, 6.45) is 0. The average Bonchev–Trinajstić information content (AvgIpc) is 2.54. The van der Waals surface area contributed by atoms with Gasteiger partial charge in [-0.3, -0.25) is 4.79 Å². The van der Waals surface area contributed by atoms with Crippen LogP contribution < -0.4 is 10.1 Å². The number of rotatable bonds is 5. The highest BCUT2D eigenvalue weighted by molar-refractivity contribution is 5.94. The Bertz CT molecular complexity index is 675. The molecule has 0 fully saturated rings. The molecule has 0 aliphatic rings. The zero-order chi connectivity index (χ0) is 17.0. The molecule has 2 aromatic rings. The van der Waals surface area contributed by atoms with Crippen LogP contribution in [0.2, 0.25) is 0 Å². The van der Waals surface area contributed by atoms with Gasteiger partial charge in [0.15, 0.2) is 0 Å². The Morgan fingerprint density at radius 1 is 1.04 bits per heavy atom. The summed E-state index contributed by atoms with van der Waals surface area (Å²) in [5.74, 6) is 1.18. The number of ether oxygens (including phenoxy) is 1. The van der Waals surface area contributed by atoms with Crippen molar-refractivity contribution >= 4 is 5.91 Å². The van der Waals surface area contributed by atoms with Gasteiger partial charge in [0.05, 0.1) is 13.2 Å². The monoisotopic (exact) mass is 311 g/mol. The molecule has 2 rings (SSSR count). The zero-order valence-electron chi connectivity index (χ0n) is 14.5. The number of hydrogen-bond acceptors (Lipinski definition) is 2. The first kappa shape index (κ1) is 17.1. The lowest BCUT2D eigenvalue weighted by atomic mass is 10.0. The van der Waals surface area contributed by atoms with Crippen molar-refractivity contribution in [2.75, 3.05) is 7.11 Å². The van der Waals surface area contributed by atoms with Crippen molar-refractivity contribution in [1.29, 1.82) is 0 Å². The summed E-state index contributed by atoms with van der Waals surface area (Å²) in [7, 11) is 1.65. The fourth-order valence-electron chi connectivity index (χ4n) is 2.57. The molecule has 122 valence electrons. The van der Waals surface area contributed by atoms with Gasteiger partial charge in [0.1, 0.15) is 5.75 Å². The SMILES string of the molecule is COc1ccc(C)cc1[C@@H](C)NC(=O)c1ccc(C(C)C)cc1. The fourth-order valence-corrected chi connectivity index (χ4v) is 2.57. The first-order valence-corrected chi connectivity index (χ1v) is 7.97. The van der Waals surface area contributed by atoms with E-state index < -0.39 is 0 Å². The van der Waals surface area contributed by atoms with E-state index in [4.69, 9.17) is 4.74 Å². The van der Waals surface area contributed by atoms with Crippen molar-refractivity contribution in [3.63, 3.8) is 0 Å². The van der Waals surface area contributed by atoms with E-state index in [-0.39, 0.29) is 11.9 Å². The Labute approximate surface area is 138 Å². The molecule has 0 saturated heterocycles. The van der Waals surface area contributed by atoms with Crippen LogP contribution in [0.15, 0.2) is 42.5 Å². The van der Waals surface area contributed by atoms with E-state index in [2.05, 4.69) is 19.2 Å². The number of hydrogen-bond donors (Lipinski definition) is 1. The van der Waals surface area contributed by atoms with Crippen LogP contribution in [0.25, 0.3) is 0 Å². The maximum atomic E-state index is 12.4. The minimum atomic E-state index is -0.123. The van der Waals surface area contributed by atoms with Crippen LogP contribution >= 0.6 is 0 Å². The first-order chi connectivity index (χ1) is 10.9. The minimum Gasteiger partial charge on any atom is -0.496 e. The van der Waals surface area contributed by atoms with Gasteiger partial charge in [-0.25, -0.2) is 0 Å². The predicted octanol–water partition coefficient (Wildman–Crippen LogP) is 4.62. The number of carbonyl (C=O) groups is 1. The summed E-state index contributed by atoms with van der Waals surface area (Å²) in [6, 6.07) is 13.6. The van der Waals surface area contributed by atoms with Crippen LogP contribution in [0.1, 0.15) is 59.8 Å². The average molecular weight is 311 g/mol. The minimum absolute atomic E-state index is 0.0728. The number of methoxy groups -OCH3 is 1. The molecular weight excluding hydrogens is 286 g/mol. The third kappa shape index (κ3) is 4.13. The molecule has 0 spiro atoms. The van der Waals surface area contributed by atoms with Crippen LogP contribution in [0.4, 0.5) is 0 Å². The molecule has 1 amide bonds. The van der Waals surface area contributed by atoms with Crippen LogP contribution in [-0.4, -0.2) is 13.0 Å². The van der Waals surface area contributed by atoms with Gasteiger partial charge in [0.25, 0.3) is 5.91 Å². The topological polar surface area (TPSA) is 38.3 Å². The summed E-state index contributed by atoms with van der Waals surface area (Å²) in [5, 5.41) is 3.04. The van der Waals surface area contributed by atoms with E-state index in [0.717, 1.165) is 16.9 Å². The lowest BCUT2D eigenvalue weighted by Crippen LogP contribution is -2.27. The Morgan fingerprint density at radius 3 is 2.26 bits per heavy atom. The van der Waals surface area contributed by atoms with Gasteiger partial charge >= 0.3 is 0 Å². The molecule has 3 nitrogen and oxygen atoms in total. The van der Waals surface area contributed by atoms with Gasteiger partial charge in [-0.05, 0) is 43.5 Å². The van der Waals surface area contributed by atoms with E-state index in [0.29, 0.717) is 11.5 Å². The number of amides is 1. The molecule has 1 N–H and O–H groups in total. The van der Waals surface area contributed by atoms with Gasteiger partial charge in [-0.1, -0.05) is 43.7 Å². The third-order valence-electron chi connectivity index (χ3n) is 4.04. The highest BCUT2D eigenvalue weighted by atomic mass is 16.5. The summed E-state index contributed by atoms with van der Waals surface area (Å²) >= 11 is 0. The molecule has 0 aromatic heterocycles. The molecule has 0 radical (unpaired) electrons. The molecule has 0 saturated carbocycles. The van der Waals surface area contributed by atoms with Gasteiger partial charge in [-0.15, -0.1) is 0 Å². The van der Waals surface area contributed by atoms with Gasteiger partial charge in [0, 0.05) is 11.1 Å². The molecular formula is C20H25NO2. The van der Waals surface area contributed by atoms with Crippen molar-refractivity contribution in [3.8, 4) is 5.75 Å². The standard InChI is InChI=1S/C20H25NO2/c1-13(2)16-7-9-17(10-8-16)20(22)21-15(4)18-12-14(3)6-11-19(18)23-5/h6-13,15H,1-5H3,(H,21,22)/t15-/m1/s1. The van der Waals surface area contributed by atoms with Crippen molar-refractivity contribution < 1.29 is 9.53 Å². The van der Waals surface area contributed by atoms with E-state index in [1.165, 1.54) is 5.56 Å². The Kier molecular flexibility index (Phi) is 5.43. The molecule has 3 heteroatoms. The third-order valence-corrected chi connectivity index (χ3v) is 4.04. The van der Waals surface area contributed by atoms with E-state index >= 15 is 0 Å². The van der Waals surface area contributed by atoms with Gasteiger partial charge in [-0.2, -0.15) is 0 Å². The van der Waals surface area contributed by atoms with Gasteiger partial charge < -0.3 is 10.1 Å². The second-order valence-corrected chi connectivity index (χ2v) is 6.22. The normalized spacial score (nSPS) is 12.1. The van der Waals surface area contributed by atoms with Crippen LogP contribution in [0, 0.1) is 6.92 Å². The van der Waals surface area contributed by atoms with Crippen LogP contribution in [0.5, 0.6) is 5.75 Å². The number of aryl methyl sites for hydroxylation is 1. The highest BCUT2D eigenvalue weighted by Gasteiger charge is 2.15. The summed E-state index contributed by atoms with van der Waals surface area (Å²) in [5.41, 5.74) is 4.03. The smallest absolute Gasteiger partial charge is 0.251 e. The Morgan fingerprint density at radius 2 is 1.70 bits per heavy atom. The lowest BCUT2D eigenvalue weighted by molar-refractivity contribution is 0.0939. The van der Waals surface area contributed by atoms with Crippen molar-refractivity contribution in [3.05, 3.63) is 64.7 Å². The second-order valence-electron chi connectivity index (χ2n) is 6.22. The summed E-state index contributed by atoms with van der Waals surface area (Å²) < 4.78 is 5.40. The fraction of sp³-hybridized carbons (Fsp3) is 0.350. The van der Waals surface area contributed by atoms with E-state index in [1.807, 2.05) is 56.3 Å². The highest BCUT2D eigenvalue weighted by Crippen LogP contribution is 2.26. The van der Waals surface area contributed by atoms with Crippen LogP contribution in [0.3, 0.4) is 0 Å². The van der Waals surface area contributed by atoms with E-state index in [1.54, 1.807) is 7.11 Å². The lowest BCUT2D eigenvalue weighted by Gasteiger charge is -2.18. The van der Waals surface area contributed by atoms with Gasteiger partial charge in [0.2, 0.25) is 0 Å². The molecule has 0 aliphatic heterocycles. The molecule has 0 unspecified atom stereocenters. The molecule has 0 aliphatic carbocycles. The Balaban J connectivity index is 2.15. The number of benzene rings is 2. The van der Waals surface area contributed by atoms with E-state index in [9.17, 15) is 4.79 Å². The maximum absolute atomic E-state index is 12.4.